The first kappa shape index (κ1) is 14.5. The molecule has 0 bridgehead atoms. The number of hydrogen-bond acceptors (Lipinski definition) is 4. The number of rotatable bonds is 5. The number of pyridine rings is 1. The molecule has 0 saturated heterocycles. The highest BCUT2D eigenvalue weighted by atomic mass is 16.4. The van der Waals surface area contributed by atoms with Crippen molar-refractivity contribution in [1.82, 2.24) is 20.1 Å². The van der Waals surface area contributed by atoms with Gasteiger partial charge in [0, 0.05) is 26.0 Å². The molecule has 110 valence electrons. The van der Waals surface area contributed by atoms with Crippen molar-refractivity contribution in [2.24, 2.45) is 7.05 Å². The number of nitrogens with zero attached hydrogens (tertiary/aromatic N) is 3. The minimum atomic E-state index is -1.09. The van der Waals surface area contributed by atoms with E-state index in [1.165, 1.54) is 18.5 Å². The van der Waals surface area contributed by atoms with Crippen LogP contribution in [0.5, 0.6) is 0 Å². The Labute approximate surface area is 120 Å². The van der Waals surface area contributed by atoms with Gasteiger partial charge in [0.15, 0.2) is 0 Å². The van der Waals surface area contributed by atoms with Crippen LogP contribution in [0.4, 0.5) is 10.5 Å². The Kier molecular flexibility index (Phi) is 4.50. The van der Waals surface area contributed by atoms with Crippen LogP contribution in [0.25, 0.3) is 0 Å². The van der Waals surface area contributed by atoms with E-state index in [0.29, 0.717) is 18.7 Å². The lowest BCUT2D eigenvalue weighted by atomic mass is 10.2. The highest BCUT2D eigenvalue weighted by molar-refractivity contribution is 5.92. The molecular formula is C13H15N5O3. The molecule has 2 aromatic rings. The molecule has 0 radical (unpaired) electrons. The largest absolute Gasteiger partial charge is 0.478 e. The molecule has 0 aromatic carbocycles. The number of urea groups is 1. The van der Waals surface area contributed by atoms with Gasteiger partial charge in [-0.1, -0.05) is 0 Å². The van der Waals surface area contributed by atoms with Crippen LogP contribution < -0.4 is 10.6 Å². The van der Waals surface area contributed by atoms with Gasteiger partial charge < -0.3 is 15.7 Å². The van der Waals surface area contributed by atoms with E-state index in [0.717, 1.165) is 5.56 Å². The number of carbonyl (C=O) groups is 2. The number of hydrogen-bond donors (Lipinski definition) is 3. The van der Waals surface area contributed by atoms with Gasteiger partial charge in [-0.25, -0.2) is 9.59 Å². The molecule has 8 nitrogen and oxygen atoms in total. The first-order chi connectivity index (χ1) is 10.0. The Morgan fingerprint density at radius 3 is 2.81 bits per heavy atom. The molecule has 0 fully saturated rings. The average Bonchev–Trinajstić information content (AvgIpc) is 2.84. The molecule has 2 heterocycles. The van der Waals surface area contributed by atoms with Crippen LogP contribution in [0, 0.1) is 0 Å². The minimum absolute atomic E-state index is 0.0168. The van der Waals surface area contributed by atoms with Crippen LogP contribution in [0.1, 0.15) is 15.9 Å². The van der Waals surface area contributed by atoms with Gasteiger partial charge in [-0.3, -0.25) is 9.67 Å². The second-order valence-corrected chi connectivity index (χ2v) is 4.42. The van der Waals surface area contributed by atoms with Gasteiger partial charge in [-0.15, -0.1) is 0 Å². The zero-order valence-electron chi connectivity index (χ0n) is 11.4. The van der Waals surface area contributed by atoms with Crippen molar-refractivity contribution in [1.29, 1.82) is 0 Å². The van der Waals surface area contributed by atoms with Crippen LogP contribution in [-0.2, 0) is 13.5 Å². The van der Waals surface area contributed by atoms with E-state index < -0.39 is 12.0 Å². The van der Waals surface area contributed by atoms with E-state index in [1.54, 1.807) is 10.9 Å². The third kappa shape index (κ3) is 4.30. The first-order valence-corrected chi connectivity index (χ1v) is 6.25. The Morgan fingerprint density at radius 1 is 1.33 bits per heavy atom. The fourth-order valence-corrected chi connectivity index (χ4v) is 1.72. The lowest BCUT2D eigenvalue weighted by Gasteiger charge is -2.07. The maximum absolute atomic E-state index is 11.7. The predicted molar refractivity (Wildman–Crippen MR) is 75.1 cm³/mol. The smallest absolute Gasteiger partial charge is 0.337 e. The van der Waals surface area contributed by atoms with Crippen molar-refractivity contribution in [3.63, 3.8) is 0 Å². The molecule has 2 rings (SSSR count). The third-order valence-corrected chi connectivity index (χ3v) is 2.70. The number of aromatic nitrogens is 3. The fraction of sp³-hybridized carbons (Fsp3) is 0.231. The molecule has 0 spiro atoms. The highest BCUT2D eigenvalue weighted by Gasteiger charge is 2.06. The molecule has 8 heteroatoms. The number of carbonyl (C=O) groups excluding carboxylic acids is 1. The predicted octanol–water partition coefficient (Wildman–Crippen LogP) is 0.877. The Bertz CT molecular complexity index is 653. The summed E-state index contributed by atoms with van der Waals surface area (Å²) in [5.41, 5.74) is 1.37. The summed E-state index contributed by atoms with van der Waals surface area (Å²) in [6.07, 6.45) is 6.87. The molecule has 0 atom stereocenters. The van der Waals surface area contributed by atoms with Crippen LogP contribution in [0.15, 0.2) is 30.9 Å². The molecule has 2 amide bonds. The zero-order chi connectivity index (χ0) is 15.2. The van der Waals surface area contributed by atoms with E-state index >= 15 is 0 Å². The number of aromatic carboxylic acids is 1. The van der Waals surface area contributed by atoms with Crippen LogP contribution >= 0.6 is 0 Å². The Morgan fingerprint density at radius 2 is 2.14 bits per heavy atom. The highest BCUT2D eigenvalue weighted by Crippen LogP contribution is 2.08. The number of carboxylic acids is 1. The van der Waals surface area contributed by atoms with Gasteiger partial charge in [0.05, 0.1) is 23.6 Å². The molecule has 2 aromatic heterocycles. The van der Waals surface area contributed by atoms with E-state index in [2.05, 4.69) is 20.7 Å². The van der Waals surface area contributed by atoms with Crippen molar-refractivity contribution < 1.29 is 14.7 Å². The quantitative estimate of drug-likeness (QED) is 0.757. The second kappa shape index (κ2) is 6.51. The molecular weight excluding hydrogens is 274 g/mol. The monoisotopic (exact) mass is 289 g/mol. The number of anilines is 1. The summed E-state index contributed by atoms with van der Waals surface area (Å²) < 4.78 is 1.69. The van der Waals surface area contributed by atoms with E-state index in [-0.39, 0.29) is 5.56 Å². The maximum Gasteiger partial charge on any atom is 0.337 e. The molecule has 0 unspecified atom stereocenters. The number of aryl methyl sites for hydroxylation is 1. The average molecular weight is 289 g/mol. The summed E-state index contributed by atoms with van der Waals surface area (Å²) in [7, 11) is 1.83. The summed E-state index contributed by atoms with van der Waals surface area (Å²) in [5.74, 6) is -1.09. The van der Waals surface area contributed by atoms with Crippen LogP contribution in [0.3, 0.4) is 0 Å². The third-order valence-electron chi connectivity index (χ3n) is 2.70. The SMILES string of the molecule is Cn1cc(CCNC(=O)Nc2cncc(C(=O)O)c2)cn1. The van der Waals surface area contributed by atoms with Crippen molar-refractivity contribution in [3.05, 3.63) is 42.0 Å². The number of amides is 2. The molecule has 0 aliphatic heterocycles. The molecule has 3 N–H and O–H groups in total. The van der Waals surface area contributed by atoms with Crippen molar-refractivity contribution in [2.45, 2.75) is 6.42 Å². The Balaban J connectivity index is 1.81. The molecule has 0 aliphatic rings. The van der Waals surface area contributed by atoms with Gasteiger partial charge in [0.1, 0.15) is 0 Å². The van der Waals surface area contributed by atoms with Crippen LogP contribution in [-0.4, -0.2) is 38.4 Å². The van der Waals surface area contributed by atoms with Gasteiger partial charge in [0.25, 0.3) is 0 Å². The first-order valence-electron chi connectivity index (χ1n) is 6.25. The summed E-state index contributed by atoms with van der Waals surface area (Å²) in [6, 6.07) is 0.930. The normalized spacial score (nSPS) is 10.1. The van der Waals surface area contributed by atoms with Gasteiger partial charge >= 0.3 is 12.0 Å². The van der Waals surface area contributed by atoms with E-state index in [1.807, 2.05) is 13.2 Å². The molecule has 21 heavy (non-hydrogen) atoms. The van der Waals surface area contributed by atoms with Crippen molar-refractivity contribution in [2.75, 3.05) is 11.9 Å². The fourth-order valence-electron chi connectivity index (χ4n) is 1.72. The van der Waals surface area contributed by atoms with Gasteiger partial charge in [0.2, 0.25) is 0 Å². The lowest BCUT2D eigenvalue weighted by Crippen LogP contribution is -2.30. The standard InChI is InChI=1S/C13H15N5O3/c1-18-8-9(5-16-18)2-3-15-13(21)17-11-4-10(12(19)20)6-14-7-11/h4-8H,2-3H2,1H3,(H,19,20)(H2,15,17,21). The summed E-state index contributed by atoms with van der Waals surface area (Å²) >= 11 is 0. The molecule has 0 aliphatic carbocycles. The van der Waals surface area contributed by atoms with Crippen LogP contribution in [0.2, 0.25) is 0 Å². The van der Waals surface area contributed by atoms with Crippen molar-refractivity contribution >= 4 is 17.7 Å². The van der Waals surface area contributed by atoms with E-state index in [9.17, 15) is 9.59 Å². The maximum atomic E-state index is 11.7. The number of carboxylic acid groups (broad SMARTS) is 1. The van der Waals surface area contributed by atoms with Crippen molar-refractivity contribution in [3.8, 4) is 0 Å². The van der Waals surface area contributed by atoms with E-state index in [4.69, 9.17) is 5.11 Å². The second-order valence-electron chi connectivity index (χ2n) is 4.42. The Hall–Kier alpha value is -2.90. The molecule has 0 saturated carbocycles. The summed E-state index contributed by atoms with van der Waals surface area (Å²) in [4.78, 5) is 26.2. The summed E-state index contributed by atoms with van der Waals surface area (Å²) in [6.45, 7) is 0.448. The topological polar surface area (TPSA) is 109 Å². The minimum Gasteiger partial charge on any atom is -0.478 e. The van der Waals surface area contributed by atoms with Gasteiger partial charge in [-0.05, 0) is 18.1 Å². The lowest BCUT2D eigenvalue weighted by molar-refractivity contribution is 0.0696. The van der Waals surface area contributed by atoms with Gasteiger partial charge in [-0.2, -0.15) is 5.10 Å². The number of nitrogens with one attached hydrogen (secondary N) is 2. The zero-order valence-corrected chi connectivity index (χ0v) is 11.4. The summed E-state index contributed by atoms with van der Waals surface area (Å²) in [5, 5.41) is 18.1.